The molecule has 1 aliphatic rings. The molecule has 26 heavy (non-hydrogen) atoms. The molecule has 0 bridgehead atoms. The maximum absolute atomic E-state index is 12.5. The number of benzene rings is 1. The van der Waals surface area contributed by atoms with Crippen molar-refractivity contribution in [3.63, 3.8) is 0 Å². The van der Waals surface area contributed by atoms with Gasteiger partial charge in [-0.15, -0.1) is 0 Å². The van der Waals surface area contributed by atoms with Crippen LogP contribution in [0.5, 0.6) is 0 Å². The molecule has 0 unspecified atom stereocenters. The zero-order chi connectivity index (χ0) is 18.6. The number of primary sulfonamides is 1. The van der Waals surface area contributed by atoms with Gasteiger partial charge in [-0.3, -0.25) is 4.79 Å². The number of nitrogens with two attached hydrogens (primary N) is 1. The topological polar surface area (TPSA) is 103 Å². The number of nitrogens with zero attached hydrogens (tertiary/aromatic N) is 1. The number of nitrogens with one attached hydrogen (secondary N) is 1. The Morgan fingerprint density at radius 3 is 2.35 bits per heavy atom. The Morgan fingerprint density at radius 1 is 1.15 bits per heavy atom. The Labute approximate surface area is 153 Å². The molecule has 0 atom stereocenters. The smallest absolute Gasteiger partial charge is 0.238 e. The molecule has 0 aliphatic carbocycles. The maximum Gasteiger partial charge on any atom is 0.238 e. The zero-order valence-electron chi connectivity index (χ0n) is 14.4. The number of amides is 1. The summed E-state index contributed by atoms with van der Waals surface area (Å²) < 4.78 is 30.1. The van der Waals surface area contributed by atoms with Crippen LogP contribution < -0.4 is 10.5 Å². The van der Waals surface area contributed by atoms with E-state index in [-0.39, 0.29) is 16.3 Å². The summed E-state index contributed by atoms with van der Waals surface area (Å²) in [6, 6.07) is 10.1. The number of aromatic nitrogens is 1. The maximum atomic E-state index is 12.5. The monoisotopic (exact) mass is 377 g/mol. The van der Waals surface area contributed by atoms with E-state index >= 15 is 0 Å². The average Bonchev–Trinajstić information content (AvgIpc) is 3.16. The third kappa shape index (κ3) is 4.32. The molecule has 1 aromatic heterocycles. The highest BCUT2D eigenvalue weighted by Gasteiger charge is 2.36. The second-order valence-electron chi connectivity index (χ2n) is 6.57. The summed E-state index contributed by atoms with van der Waals surface area (Å²) in [5.41, 5.74) is 0.552. The van der Waals surface area contributed by atoms with Crippen molar-refractivity contribution in [2.45, 2.75) is 36.2 Å². The highest BCUT2D eigenvalue weighted by atomic mass is 32.2. The molecule has 1 amide bonds. The van der Waals surface area contributed by atoms with Crippen LogP contribution in [-0.4, -0.2) is 32.1 Å². The first-order valence-corrected chi connectivity index (χ1v) is 10.0. The Bertz CT molecular complexity index is 839. The predicted molar refractivity (Wildman–Crippen MR) is 96.7 cm³/mol. The number of rotatable bonds is 6. The van der Waals surface area contributed by atoms with Crippen molar-refractivity contribution >= 4 is 15.9 Å². The van der Waals surface area contributed by atoms with Crippen molar-refractivity contribution in [2.75, 3.05) is 13.2 Å². The van der Waals surface area contributed by atoms with Crippen LogP contribution in [0.1, 0.15) is 24.8 Å². The molecule has 0 saturated carbocycles. The van der Waals surface area contributed by atoms with Gasteiger partial charge in [0.05, 0.1) is 16.9 Å². The first-order valence-electron chi connectivity index (χ1n) is 8.49. The summed E-state index contributed by atoms with van der Waals surface area (Å²) in [5.74, 6) is -0.0453. The van der Waals surface area contributed by atoms with Gasteiger partial charge in [-0.1, -0.05) is 12.1 Å². The fourth-order valence-electron chi connectivity index (χ4n) is 3.29. The minimum absolute atomic E-state index is 0.0453. The Hall–Kier alpha value is -2.16. The first kappa shape index (κ1) is 18.6. The van der Waals surface area contributed by atoms with Crippen molar-refractivity contribution in [1.82, 2.24) is 9.88 Å². The molecule has 8 heteroatoms. The predicted octanol–water partition coefficient (Wildman–Crippen LogP) is 1.35. The normalized spacial score (nSPS) is 17.0. The molecule has 1 aromatic carbocycles. The number of hydrogen-bond donors (Lipinski definition) is 2. The van der Waals surface area contributed by atoms with Gasteiger partial charge in [0, 0.05) is 32.2 Å². The molecular formula is C18H23N3O4S. The van der Waals surface area contributed by atoms with Gasteiger partial charge < -0.3 is 14.6 Å². The number of carbonyl (C=O) groups excluding carboxylic acids is 1. The van der Waals surface area contributed by atoms with Crippen LogP contribution in [0.15, 0.2) is 53.7 Å². The molecule has 3 rings (SSSR count). The molecule has 0 radical (unpaired) electrons. The number of hydrogen-bond acceptors (Lipinski definition) is 4. The van der Waals surface area contributed by atoms with Gasteiger partial charge in [0.25, 0.3) is 0 Å². The fourth-order valence-corrected chi connectivity index (χ4v) is 3.80. The standard InChI is InChI=1S/C18H23N3O4S/c19-26(23,24)16-5-3-15(4-6-16)14-20-17(22)13-18(7-11-25-12-8-18)21-9-1-2-10-21/h1-6,9-10H,7-8,11-14H2,(H,20,22)(H2,19,23,24). The Balaban J connectivity index is 1.62. The fraction of sp³-hybridized carbons (Fsp3) is 0.389. The summed E-state index contributed by atoms with van der Waals surface area (Å²) in [6.07, 6.45) is 5.94. The summed E-state index contributed by atoms with van der Waals surface area (Å²) in [4.78, 5) is 12.6. The van der Waals surface area contributed by atoms with Crippen molar-refractivity contribution < 1.29 is 17.9 Å². The molecule has 2 heterocycles. The molecule has 2 aromatic rings. The average molecular weight is 377 g/mol. The third-order valence-electron chi connectivity index (χ3n) is 4.81. The highest BCUT2D eigenvalue weighted by Crippen LogP contribution is 2.32. The lowest BCUT2D eigenvalue weighted by atomic mass is 9.86. The second-order valence-corrected chi connectivity index (χ2v) is 8.13. The summed E-state index contributed by atoms with van der Waals surface area (Å²) in [7, 11) is -3.71. The quantitative estimate of drug-likeness (QED) is 0.793. The molecular weight excluding hydrogens is 354 g/mol. The summed E-state index contributed by atoms with van der Waals surface area (Å²) in [6.45, 7) is 1.61. The lowest BCUT2D eigenvalue weighted by Gasteiger charge is -2.38. The van der Waals surface area contributed by atoms with E-state index in [2.05, 4.69) is 9.88 Å². The largest absolute Gasteiger partial charge is 0.381 e. The van der Waals surface area contributed by atoms with Crippen molar-refractivity contribution in [2.24, 2.45) is 5.14 Å². The van der Waals surface area contributed by atoms with E-state index in [0.29, 0.717) is 26.2 Å². The number of sulfonamides is 1. The van der Waals surface area contributed by atoms with Crippen LogP contribution in [-0.2, 0) is 31.6 Å². The van der Waals surface area contributed by atoms with Gasteiger partial charge in [0.2, 0.25) is 15.9 Å². The van der Waals surface area contributed by atoms with Crippen LogP contribution in [0.2, 0.25) is 0 Å². The van der Waals surface area contributed by atoms with Crippen molar-refractivity contribution in [1.29, 1.82) is 0 Å². The van der Waals surface area contributed by atoms with Gasteiger partial charge in [0.1, 0.15) is 0 Å². The Kier molecular flexibility index (Phi) is 5.45. The van der Waals surface area contributed by atoms with E-state index in [1.807, 2.05) is 24.5 Å². The SMILES string of the molecule is NS(=O)(=O)c1ccc(CNC(=O)CC2(n3cccc3)CCOCC2)cc1. The van der Waals surface area contributed by atoms with Crippen LogP contribution in [0.3, 0.4) is 0 Å². The lowest BCUT2D eigenvalue weighted by molar-refractivity contribution is -0.124. The van der Waals surface area contributed by atoms with Crippen LogP contribution in [0.4, 0.5) is 0 Å². The molecule has 1 aliphatic heterocycles. The van der Waals surface area contributed by atoms with E-state index < -0.39 is 10.0 Å². The molecule has 3 N–H and O–H groups in total. The van der Waals surface area contributed by atoms with Gasteiger partial charge in [-0.25, -0.2) is 13.6 Å². The minimum atomic E-state index is -3.71. The zero-order valence-corrected chi connectivity index (χ0v) is 15.2. The van der Waals surface area contributed by atoms with Crippen LogP contribution in [0.25, 0.3) is 0 Å². The summed E-state index contributed by atoms with van der Waals surface area (Å²) in [5, 5.41) is 8.00. The van der Waals surface area contributed by atoms with Crippen LogP contribution >= 0.6 is 0 Å². The van der Waals surface area contributed by atoms with E-state index in [0.717, 1.165) is 18.4 Å². The number of carbonyl (C=O) groups is 1. The van der Waals surface area contributed by atoms with Gasteiger partial charge >= 0.3 is 0 Å². The lowest BCUT2D eigenvalue weighted by Crippen LogP contribution is -2.43. The first-order chi connectivity index (χ1) is 12.4. The van der Waals surface area contributed by atoms with Crippen molar-refractivity contribution in [3.05, 3.63) is 54.4 Å². The Morgan fingerprint density at radius 2 is 1.77 bits per heavy atom. The third-order valence-corrected chi connectivity index (χ3v) is 5.74. The molecule has 7 nitrogen and oxygen atoms in total. The minimum Gasteiger partial charge on any atom is -0.381 e. The second kappa shape index (κ2) is 7.61. The van der Waals surface area contributed by atoms with Crippen molar-refractivity contribution in [3.8, 4) is 0 Å². The van der Waals surface area contributed by atoms with Gasteiger partial charge in [-0.2, -0.15) is 0 Å². The molecule has 1 fully saturated rings. The highest BCUT2D eigenvalue weighted by molar-refractivity contribution is 7.89. The van der Waals surface area contributed by atoms with E-state index in [4.69, 9.17) is 9.88 Å². The molecule has 0 spiro atoms. The van der Waals surface area contributed by atoms with Gasteiger partial charge in [0.15, 0.2) is 0 Å². The van der Waals surface area contributed by atoms with Crippen LogP contribution in [0, 0.1) is 0 Å². The molecule has 1 saturated heterocycles. The summed E-state index contributed by atoms with van der Waals surface area (Å²) >= 11 is 0. The number of ether oxygens (including phenoxy) is 1. The van der Waals surface area contributed by atoms with Gasteiger partial charge in [-0.05, 0) is 42.7 Å². The van der Waals surface area contributed by atoms with E-state index in [1.54, 1.807) is 12.1 Å². The van der Waals surface area contributed by atoms with E-state index in [1.165, 1.54) is 12.1 Å². The van der Waals surface area contributed by atoms with E-state index in [9.17, 15) is 13.2 Å². The molecule has 140 valence electrons.